The van der Waals surface area contributed by atoms with Gasteiger partial charge in [-0.25, -0.2) is 14.6 Å². The molecule has 2 aliphatic heterocycles. The number of anilines is 1. The van der Waals surface area contributed by atoms with Gasteiger partial charge in [-0.15, -0.1) is 0 Å². The van der Waals surface area contributed by atoms with Gasteiger partial charge >= 0.3 is 24.3 Å². The maximum Gasteiger partial charge on any atom is 0.490 e. The Bertz CT molecular complexity index is 998. The maximum absolute atomic E-state index is 10.6. The fraction of sp³-hybridized carbons (Fsp3) is 0.550. The molecule has 36 heavy (non-hydrogen) atoms. The molecule has 1 fully saturated rings. The first-order chi connectivity index (χ1) is 16.7. The second-order valence-corrected chi connectivity index (χ2v) is 7.82. The summed E-state index contributed by atoms with van der Waals surface area (Å²) in [6.45, 7) is 5.31. The van der Waals surface area contributed by atoms with Crippen molar-refractivity contribution < 1.29 is 46.1 Å². The molecule has 0 bridgehead atoms. The summed E-state index contributed by atoms with van der Waals surface area (Å²) < 4.78 is 65.5. The largest absolute Gasteiger partial charge is 0.490 e. The molecule has 2 N–H and O–H groups in total. The monoisotopic (exact) mass is 526 g/mol. The van der Waals surface area contributed by atoms with Crippen molar-refractivity contribution in [3.8, 4) is 0 Å². The fourth-order valence-corrected chi connectivity index (χ4v) is 3.59. The highest BCUT2D eigenvalue weighted by molar-refractivity contribution is 5.73. The second-order valence-electron chi connectivity index (χ2n) is 7.82. The molecule has 0 amide bonds. The predicted molar refractivity (Wildman–Crippen MR) is 112 cm³/mol. The van der Waals surface area contributed by atoms with Crippen molar-refractivity contribution in [3.63, 3.8) is 0 Å². The van der Waals surface area contributed by atoms with Gasteiger partial charge in [0.1, 0.15) is 5.82 Å². The molecule has 4 heterocycles. The van der Waals surface area contributed by atoms with Gasteiger partial charge in [0.2, 0.25) is 0 Å². The number of rotatable bonds is 3. The van der Waals surface area contributed by atoms with Crippen molar-refractivity contribution in [1.29, 1.82) is 0 Å². The quantitative estimate of drug-likeness (QED) is 0.581. The van der Waals surface area contributed by atoms with Gasteiger partial charge in [0.15, 0.2) is 0 Å². The van der Waals surface area contributed by atoms with E-state index in [1.165, 1.54) is 42.9 Å². The number of likely N-dealkylation sites (tertiary alicyclic amines) is 1. The van der Waals surface area contributed by atoms with Gasteiger partial charge in [-0.2, -0.15) is 31.4 Å². The van der Waals surface area contributed by atoms with Crippen molar-refractivity contribution in [2.24, 2.45) is 7.05 Å². The van der Waals surface area contributed by atoms with Crippen LogP contribution in [0, 0.1) is 0 Å². The molecule has 2 aromatic heterocycles. The zero-order chi connectivity index (χ0) is 27.1. The number of aliphatic carboxylic acids is 2. The first-order valence-electron chi connectivity index (χ1n) is 10.6. The Morgan fingerprint density at radius 3 is 2.00 bits per heavy atom. The van der Waals surface area contributed by atoms with Crippen molar-refractivity contribution >= 4 is 17.8 Å². The van der Waals surface area contributed by atoms with Crippen LogP contribution in [-0.2, 0) is 36.1 Å². The lowest BCUT2D eigenvalue weighted by Crippen LogP contribution is -2.32. The number of aromatic nitrogens is 4. The molecule has 0 saturated carbocycles. The SMILES string of the molecule is Cn1nc(CN2CCCC2)c2c1CN(c1cnccn1)CC2.O=C(O)C(F)(F)F.O=C(O)C(F)(F)F. The van der Waals surface area contributed by atoms with Crippen LogP contribution >= 0.6 is 0 Å². The number of carboxylic acids is 2. The van der Waals surface area contributed by atoms with E-state index < -0.39 is 24.3 Å². The first kappa shape index (κ1) is 28.8. The number of carbonyl (C=O) groups is 2. The van der Waals surface area contributed by atoms with Crippen molar-refractivity contribution in [2.45, 2.75) is 44.7 Å². The van der Waals surface area contributed by atoms with Crippen LogP contribution in [0.3, 0.4) is 0 Å². The van der Waals surface area contributed by atoms with Crippen LogP contribution in [0.5, 0.6) is 0 Å². The first-order valence-corrected chi connectivity index (χ1v) is 10.6. The normalized spacial score (nSPS) is 15.8. The number of fused-ring (bicyclic) bond motifs is 1. The Labute approximate surface area is 201 Å². The van der Waals surface area contributed by atoms with E-state index in [4.69, 9.17) is 24.9 Å². The Kier molecular flexibility index (Phi) is 9.61. The lowest BCUT2D eigenvalue weighted by Gasteiger charge is -2.28. The molecule has 0 aromatic carbocycles. The van der Waals surface area contributed by atoms with E-state index in [0.717, 1.165) is 31.9 Å². The van der Waals surface area contributed by atoms with Crippen LogP contribution in [0.1, 0.15) is 29.8 Å². The minimum atomic E-state index is -5.08. The third kappa shape index (κ3) is 8.35. The highest BCUT2D eigenvalue weighted by Gasteiger charge is 2.38. The zero-order valence-electron chi connectivity index (χ0n) is 19.1. The Hall–Kier alpha value is -3.43. The molecule has 1 saturated heterocycles. The third-order valence-corrected chi connectivity index (χ3v) is 5.26. The third-order valence-electron chi connectivity index (χ3n) is 5.26. The molecular weight excluding hydrogens is 502 g/mol. The molecule has 4 rings (SSSR count). The summed E-state index contributed by atoms with van der Waals surface area (Å²) in [6.07, 6.45) is -1.15. The molecule has 10 nitrogen and oxygen atoms in total. The van der Waals surface area contributed by atoms with E-state index in [1.54, 1.807) is 12.4 Å². The number of alkyl halides is 6. The number of halogens is 6. The Balaban J connectivity index is 0.000000271. The molecule has 0 unspecified atom stereocenters. The lowest BCUT2D eigenvalue weighted by atomic mass is 10.0. The topological polar surface area (TPSA) is 125 Å². The fourth-order valence-electron chi connectivity index (χ4n) is 3.59. The van der Waals surface area contributed by atoms with Crippen LogP contribution < -0.4 is 4.90 Å². The maximum atomic E-state index is 10.6. The Morgan fingerprint density at radius 2 is 1.53 bits per heavy atom. The second kappa shape index (κ2) is 12.0. The highest BCUT2D eigenvalue weighted by Crippen LogP contribution is 2.26. The number of hydrogen-bond donors (Lipinski definition) is 2. The van der Waals surface area contributed by atoms with Gasteiger partial charge < -0.3 is 15.1 Å². The van der Waals surface area contributed by atoms with Crippen LogP contribution in [0.4, 0.5) is 32.2 Å². The van der Waals surface area contributed by atoms with E-state index in [-0.39, 0.29) is 0 Å². The van der Waals surface area contributed by atoms with Gasteiger partial charge in [-0.3, -0.25) is 14.6 Å². The van der Waals surface area contributed by atoms with Crippen molar-refractivity contribution in [2.75, 3.05) is 24.5 Å². The van der Waals surface area contributed by atoms with E-state index in [9.17, 15) is 26.3 Å². The summed E-state index contributed by atoms with van der Waals surface area (Å²) in [4.78, 5) is 31.2. The summed E-state index contributed by atoms with van der Waals surface area (Å²) in [5.41, 5.74) is 4.05. The smallest absolute Gasteiger partial charge is 0.475 e. The standard InChI is InChI=1S/C16H22N6.2C2HF3O2/c1-20-15-12-22(16-10-17-5-6-18-16)9-4-13(15)14(19-20)11-21-7-2-3-8-21;2*3-2(4,5)1(6)7/h5-6,10H,2-4,7-9,11-12H2,1H3;2*(H,6,7). The summed E-state index contributed by atoms with van der Waals surface area (Å²) >= 11 is 0. The van der Waals surface area contributed by atoms with Gasteiger partial charge in [0.05, 0.1) is 24.1 Å². The predicted octanol–water partition coefficient (Wildman–Crippen LogP) is 2.64. The van der Waals surface area contributed by atoms with Gasteiger partial charge in [-0.05, 0) is 32.4 Å². The number of carboxylic acid groups (broad SMARTS) is 2. The molecule has 0 atom stereocenters. The van der Waals surface area contributed by atoms with Crippen LogP contribution in [0.25, 0.3) is 0 Å². The molecule has 16 heteroatoms. The molecule has 2 aliphatic rings. The van der Waals surface area contributed by atoms with Crippen molar-refractivity contribution in [1.82, 2.24) is 24.6 Å². The average Bonchev–Trinajstić information content (AvgIpc) is 3.42. The minimum Gasteiger partial charge on any atom is -0.475 e. The van der Waals surface area contributed by atoms with Crippen LogP contribution in [-0.4, -0.2) is 78.8 Å². The Morgan fingerprint density at radius 1 is 0.972 bits per heavy atom. The molecule has 200 valence electrons. The lowest BCUT2D eigenvalue weighted by molar-refractivity contribution is -0.193. The summed E-state index contributed by atoms with van der Waals surface area (Å²) in [7, 11) is 2.06. The van der Waals surface area contributed by atoms with E-state index in [0.29, 0.717) is 0 Å². The summed E-state index contributed by atoms with van der Waals surface area (Å²) in [5, 5.41) is 19.0. The van der Waals surface area contributed by atoms with Crippen LogP contribution in [0.15, 0.2) is 18.6 Å². The summed E-state index contributed by atoms with van der Waals surface area (Å²) in [5.74, 6) is -4.56. The number of aryl methyl sites for hydroxylation is 1. The van der Waals surface area contributed by atoms with Gasteiger partial charge in [-0.1, -0.05) is 0 Å². The molecule has 0 radical (unpaired) electrons. The van der Waals surface area contributed by atoms with E-state index in [1.807, 2.05) is 6.20 Å². The zero-order valence-corrected chi connectivity index (χ0v) is 19.1. The number of hydrogen-bond acceptors (Lipinski definition) is 7. The molecule has 2 aromatic rings. The summed E-state index contributed by atoms with van der Waals surface area (Å²) in [6, 6.07) is 0. The minimum absolute atomic E-state index is 0.873. The van der Waals surface area contributed by atoms with Crippen LogP contribution in [0.2, 0.25) is 0 Å². The highest BCUT2D eigenvalue weighted by atomic mass is 19.4. The van der Waals surface area contributed by atoms with Crippen molar-refractivity contribution in [3.05, 3.63) is 35.5 Å². The van der Waals surface area contributed by atoms with Gasteiger partial charge in [0.25, 0.3) is 0 Å². The van der Waals surface area contributed by atoms with E-state index >= 15 is 0 Å². The van der Waals surface area contributed by atoms with E-state index in [2.05, 4.69) is 31.5 Å². The molecule has 0 aliphatic carbocycles. The van der Waals surface area contributed by atoms with Gasteiger partial charge in [0, 0.05) is 38.1 Å². The molecule has 0 spiro atoms. The number of nitrogens with zero attached hydrogens (tertiary/aromatic N) is 6. The average molecular weight is 526 g/mol. The molecular formula is C20H24F6N6O4.